The van der Waals surface area contributed by atoms with Crippen LogP contribution in [0.1, 0.15) is 48.0 Å². The second kappa shape index (κ2) is 10.4. The molecular weight excluding hydrogens is 406 g/mol. The van der Waals surface area contributed by atoms with Gasteiger partial charge in [0.15, 0.2) is 6.61 Å². The van der Waals surface area contributed by atoms with Crippen LogP contribution in [0, 0.1) is 0 Å². The van der Waals surface area contributed by atoms with E-state index in [1.165, 1.54) is 0 Å². The number of hydrogen-bond donors (Lipinski definition) is 2. The summed E-state index contributed by atoms with van der Waals surface area (Å²) in [6, 6.07) is 18.1. The lowest BCUT2D eigenvalue weighted by Crippen LogP contribution is -2.28. The van der Waals surface area contributed by atoms with Gasteiger partial charge in [0.2, 0.25) is 0 Å². The topological polar surface area (TPSA) is 92.9 Å². The highest BCUT2D eigenvalue weighted by atomic mass is 16.5. The van der Waals surface area contributed by atoms with Crippen molar-refractivity contribution in [1.29, 1.82) is 0 Å². The third-order valence-electron chi connectivity index (χ3n) is 4.68. The number of nitrogens with one attached hydrogen (secondary N) is 2. The highest BCUT2D eigenvalue weighted by Gasteiger charge is 2.14. The second-order valence-electron chi connectivity index (χ2n) is 8.24. The van der Waals surface area contributed by atoms with E-state index >= 15 is 0 Å². The Morgan fingerprint density at radius 1 is 1.03 bits per heavy atom. The Morgan fingerprint density at radius 2 is 1.75 bits per heavy atom. The molecule has 2 N–H and O–H groups in total. The molecule has 0 aliphatic heterocycles. The summed E-state index contributed by atoms with van der Waals surface area (Å²) in [4.78, 5) is 24.1. The van der Waals surface area contributed by atoms with Crippen molar-refractivity contribution in [3.63, 3.8) is 0 Å². The van der Waals surface area contributed by atoms with Crippen LogP contribution < -0.4 is 15.5 Å². The van der Waals surface area contributed by atoms with Gasteiger partial charge in [-0.1, -0.05) is 32.9 Å². The number of hydrazone groups is 1. The molecular formula is C25H27N3O4. The summed E-state index contributed by atoms with van der Waals surface area (Å²) >= 11 is 0. The summed E-state index contributed by atoms with van der Waals surface area (Å²) in [5, 5.41) is 6.71. The Kier molecular flexibility index (Phi) is 7.44. The molecule has 0 atom stereocenters. The number of hydrogen-bond acceptors (Lipinski definition) is 5. The Balaban J connectivity index is 1.43. The molecule has 2 amide bonds. The number of amides is 2. The van der Waals surface area contributed by atoms with Gasteiger partial charge in [-0.05, 0) is 65.1 Å². The summed E-state index contributed by atoms with van der Waals surface area (Å²) in [7, 11) is 0. The average Bonchev–Trinajstić information content (AvgIpc) is 3.30. The third-order valence-corrected chi connectivity index (χ3v) is 4.68. The molecule has 0 spiro atoms. The maximum absolute atomic E-state index is 12.2. The fraction of sp³-hybridized carbons (Fsp3) is 0.240. The van der Waals surface area contributed by atoms with Crippen LogP contribution in [-0.4, -0.2) is 24.6 Å². The summed E-state index contributed by atoms with van der Waals surface area (Å²) < 4.78 is 10.6. The number of carbonyl (C=O) groups is 2. The number of furan rings is 1. The summed E-state index contributed by atoms with van der Waals surface area (Å²) in [6.45, 7) is 6.59. The van der Waals surface area contributed by atoms with Gasteiger partial charge in [0.25, 0.3) is 11.8 Å². The molecule has 0 aliphatic carbocycles. The van der Waals surface area contributed by atoms with Crippen LogP contribution in [0.2, 0.25) is 0 Å². The molecule has 7 heteroatoms. The SMILES string of the molecule is CC(C)(C)c1ccc(C(=O)NN=Cc2ccc(OCC(=O)NCc3ccco3)cc2)cc1. The molecule has 0 saturated carbocycles. The third kappa shape index (κ3) is 6.84. The van der Waals surface area contributed by atoms with E-state index in [-0.39, 0.29) is 23.8 Å². The van der Waals surface area contributed by atoms with Gasteiger partial charge < -0.3 is 14.5 Å². The Bertz CT molecular complexity index is 1050. The van der Waals surface area contributed by atoms with E-state index in [2.05, 4.69) is 36.6 Å². The minimum Gasteiger partial charge on any atom is -0.484 e. The van der Waals surface area contributed by atoms with E-state index in [4.69, 9.17) is 9.15 Å². The molecule has 7 nitrogen and oxygen atoms in total. The molecule has 166 valence electrons. The predicted octanol–water partition coefficient (Wildman–Crippen LogP) is 4.04. The van der Waals surface area contributed by atoms with Gasteiger partial charge in [0, 0.05) is 5.56 Å². The fourth-order valence-electron chi connectivity index (χ4n) is 2.80. The van der Waals surface area contributed by atoms with Crippen LogP contribution >= 0.6 is 0 Å². The van der Waals surface area contributed by atoms with E-state index in [1.54, 1.807) is 61.0 Å². The van der Waals surface area contributed by atoms with E-state index in [9.17, 15) is 9.59 Å². The predicted molar refractivity (Wildman–Crippen MR) is 123 cm³/mol. The smallest absolute Gasteiger partial charge is 0.271 e. The van der Waals surface area contributed by atoms with Crippen LogP contribution in [0.15, 0.2) is 76.4 Å². The monoisotopic (exact) mass is 433 g/mol. The maximum atomic E-state index is 12.2. The molecule has 0 unspecified atom stereocenters. The average molecular weight is 434 g/mol. The van der Waals surface area contributed by atoms with Gasteiger partial charge in [-0.25, -0.2) is 5.43 Å². The number of carbonyl (C=O) groups excluding carboxylic acids is 2. The lowest BCUT2D eigenvalue weighted by atomic mass is 9.87. The Labute approximate surface area is 187 Å². The van der Waals surface area contributed by atoms with Crippen LogP contribution in [0.5, 0.6) is 5.75 Å². The molecule has 0 aliphatic rings. The Morgan fingerprint density at radius 3 is 2.38 bits per heavy atom. The lowest BCUT2D eigenvalue weighted by Gasteiger charge is -2.18. The van der Waals surface area contributed by atoms with E-state index in [0.29, 0.717) is 23.6 Å². The fourth-order valence-corrected chi connectivity index (χ4v) is 2.80. The molecule has 1 heterocycles. The van der Waals surface area contributed by atoms with Gasteiger partial charge in [-0.3, -0.25) is 9.59 Å². The Hall–Kier alpha value is -3.87. The van der Waals surface area contributed by atoms with Gasteiger partial charge in [0.05, 0.1) is 19.0 Å². The first-order valence-electron chi connectivity index (χ1n) is 10.3. The quantitative estimate of drug-likeness (QED) is 0.414. The van der Waals surface area contributed by atoms with Gasteiger partial charge in [0.1, 0.15) is 11.5 Å². The van der Waals surface area contributed by atoms with Crippen LogP contribution in [0.4, 0.5) is 0 Å². The van der Waals surface area contributed by atoms with Crippen molar-refractivity contribution in [1.82, 2.24) is 10.7 Å². The van der Waals surface area contributed by atoms with E-state index in [1.807, 2.05) is 12.1 Å². The molecule has 3 rings (SSSR count). The van der Waals surface area contributed by atoms with Crippen molar-refractivity contribution in [3.05, 3.63) is 89.4 Å². The largest absolute Gasteiger partial charge is 0.484 e. The van der Waals surface area contributed by atoms with Gasteiger partial charge >= 0.3 is 0 Å². The lowest BCUT2D eigenvalue weighted by molar-refractivity contribution is -0.123. The van der Waals surface area contributed by atoms with E-state index < -0.39 is 0 Å². The minimum absolute atomic E-state index is 0.0345. The highest BCUT2D eigenvalue weighted by Crippen LogP contribution is 2.22. The first-order chi connectivity index (χ1) is 15.3. The molecule has 2 aromatic carbocycles. The van der Waals surface area contributed by atoms with Crippen LogP contribution in [0.3, 0.4) is 0 Å². The van der Waals surface area contributed by atoms with Crippen molar-refractivity contribution >= 4 is 18.0 Å². The number of rotatable bonds is 8. The molecule has 0 radical (unpaired) electrons. The molecule has 1 aromatic heterocycles. The van der Waals surface area contributed by atoms with Crippen molar-refractivity contribution < 1.29 is 18.7 Å². The first kappa shape index (κ1) is 22.8. The summed E-state index contributed by atoms with van der Waals surface area (Å²) in [5.74, 6) is 0.710. The standard InChI is InChI=1S/C25H27N3O4/c1-25(2,3)20-10-8-19(9-11-20)24(30)28-27-15-18-6-12-21(13-7-18)32-17-23(29)26-16-22-5-4-14-31-22/h4-15H,16-17H2,1-3H3,(H,26,29)(H,28,30). The van der Waals surface area contributed by atoms with Crippen LogP contribution in [0.25, 0.3) is 0 Å². The number of ether oxygens (including phenoxy) is 1. The molecule has 0 bridgehead atoms. The van der Waals surface area contributed by atoms with Crippen molar-refractivity contribution in [2.24, 2.45) is 5.10 Å². The maximum Gasteiger partial charge on any atom is 0.271 e. The van der Waals surface area contributed by atoms with Crippen LogP contribution in [-0.2, 0) is 16.8 Å². The minimum atomic E-state index is -0.276. The molecule has 32 heavy (non-hydrogen) atoms. The number of nitrogens with zero attached hydrogens (tertiary/aromatic N) is 1. The zero-order valence-electron chi connectivity index (χ0n) is 18.4. The molecule has 0 saturated heterocycles. The second-order valence-corrected chi connectivity index (χ2v) is 8.24. The first-order valence-corrected chi connectivity index (χ1v) is 10.3. The van der Waals surface area contributed by atoms with Gasteiger partial charge in [-0.2, -0.15) is 5.10 Å². The van der Waals surface area contributed by atoms with E-state index in [0.717, 1.165) is 11.1 Å². The molecule has 0 fully saturated rings. The van der Waals surface area contributed by atoms with Gasteiger partial charge in [-0.15, -0.1) is 0 Å². The van der Waals surface area contributed by atoms with Crippen molar-refractivity contribution in [3.8, 4) is 5.75 Å². The highest BCUT2D eigenvalue weighted by molar-refractivity contribution is 5.94. The van der Waals surface area contributed by atoms with Crippen molar-refractivity contribution in [2.75, 3.05) is 6.61 Å². The zero-order valence-corrected chi connectivity index (χ0v) is 18.4. The van der Waals surface area contributed by atoms with Crippen molar-refractivity contribution in [2.45, 2.75) is 32.7 Å². The molecule has 3 aromatic rings. The normalized spacial score (nSPS) is 11.3. The number of benzene rings is 2. The summed E-state index contributed by atoms with van der Waals surface area (Å²) in [6.07, 6.45) is 3.10. The zero-order chi connectivity index (χ0) is 23.0. The summed E-state index contributed by atoms with van der Waals surface area (Å²) in [5.41, 5.74) is 5.05.